The first kappa shape index (κ1) is 37.1. The molecule has 11 heteroatoms. The van der Waals surface area contributed by atoms with Crippen LogP contribution in [-0.4, -0.2) is 67.0 Å². The van der Waals surface area contributed by atoms with E-state index in [0.717, 1.165) is 30.6 Å². The smallest absolute Gasteiger partial charge is 0.316 e. The van der Waals surface area contributed by atoms with Gasteiger partial charge in [-0.3, -0.25) is 14.4 Å². The van der Waals surface area contributed by atoms with Crippen molar-refractivity contribution in [2.45, 2.75) is 111 Å². The van der Waals surface area contributed by atoms with Crippen LogP contribution in [-0.2, 0) is 32.2 Å². The minimum absolute atomic E-state index is 0.0344. The maximum absolute atomic E-state index is 13.6. The quantitative estimate of drug-likeness (QED) is 0.188. The number of rotatable bonds is 12. The van der Waals surface area contributed by atoms with Gasteiger partial charge in [0.2, 0.25) is 5.91 Å². The normalized spacial score (nSPS) is 32.8. The van der Waals surface area contributed by atoms with Crippen LogP contribution in [0.3, 0.4) is 0 Å². The van der Waals surface area contributed by atoms with Gasteiger partial charge in [0.05, 0.1) is 24.6 Å². The summed E-state index contributed by atoms with van der Waals surface area (Å²) in [5.41, 5.74) is 1.36. The molecule has 5 rings (SSSR count). The van der Waals surface area contributed by atoms with Crippen LogP contribution >= 0.6 is 11.8 Å². The second-order valence-electron chi connectivity index (χ2n) is 16.0. The number of ether oxygens (including phenoxy) is 1. The number of hydrogen-bond acceptors (Lipinski definition) is 9. The van der Waals surface area contributed by atoms with E-state index < -0.39 is 27.8 Å². The number of aryl methyl sites for hydroxylation is 1. The first-order chi connectivity index (χ1) is 23.0. The van der Waals surface area contributed by atoms with Gasteiger partial charge in [-0.25, -0.2) is 4.68 Å². The number of esters is 1. The highest BCUT2D eigenvalue weighted by atomic mass is 32.2. The van der Waals surface area contributed by atoms with Crippen LogP contribution in [0.1, 0.15) is 84.9 Å². The molecule has 0 spiro atoms. The number of Topliss-reactive ketones (excluding diaryl/α,β-unsaturated/α-hetero) is 1. The number of nitrogens with zero attached hydrogens (tertiary/aromatic N) is 3. The van der Waals surface area contributed by atoms with Gasteiger partial charge in [-0.2, -0.15) is 0 Å². The summed E-state index contributed by atoms with van der Waals surface area (Å²) in [6.07, 6.45) is 5.82. The molecule has 0 aliphatic heterocycles. The highest BCUT2D eigenvalue weighted by Gasteiger charge is 2.68. The largest absolute Gasteiger partial charge is 0.461 e. The average molecular weight is 694 g/mol. The predicted octanol–water partition coefficient (Wildman–Crippen LogP) is 5.73. The summed E-state index contributed by atoms with van der Waals surface area (Å²) in [5, 5.41) is 26.3. The summed E-state index contributed by atoms with van der Waals surface area (Å²) in [4.78, 5) is 40.0. The monoisotopic (exact) mass is 693 g/mol. The standard InChI is InChI=1S/C38H55N5O5S/c1-9-36(7)18-30(37(8)25(3)14-16-38(26(4)34(36)47)17-15-29(44)33(37)38)48-32(46)22-49-35(5,6)23-40-31(45)21-43-20-28(41-42-43)19-39-27-12-10-24(2)11-13-27/h9-13,20,25-26,30,33-34,39,47H,1,14-19,21-23H2,2-8H3,(H,40,45)/t25-,26+,30-,33+,34+,36-,37+,38+/m1/s1. The molecule has 2 bridgehead atoms. The third-order valence-electron chi connectivity index (χ3n) is 12.3. The number of aliphatic hydroxyl groups excluding tert-OH is 1. The average Bonchev–Trinajstić information content (AvgIpc) is 3.67. The van der Waals surface area contributed by atoms with Gasteiger partial charge in [-0.05, 0) is 75.8 Å². The molecule has 1 aromatic heterocycles. The third-order valence-corrected chi connectivity index (χ3v) is 13.6. The van der Waals surface area contributed by atoms with Crippen molar-refractivity contribution in [2.75, 3.05) is 17.6 Å². The van der Waals surface area contributed by atoms with Crippen molar-refractivity contribution in [1.82, 2.24) is 20.3 Å². The minimum Gasteiger partial charge on any atom is -0.461 e. The van der Waals surface area contributed by atoms with Gasteiger partial charge in [-0.1, -0.05) is 56.7 Å². The van der Waals surface area contributed by atoms with Gasteiger partial charge in [0, 0.05) is 40.1 Å². The van der Waals surface area contributed by atoms with E-state index in [2.05, 4.69) is 48.3 Å². The van der Waals surface area contributed by atoms with Crippen molar-refractivity contribution in [3.8, 4) is 0 Å². The molecule has 10 nitrogen and oxygen atoms in total. The second-order valence-corrected chi connectivity index (χ2v) is 17.7. The number of aliphatic hydroxyl groups is 1. The lowest BCUT2D eigenvalue weighted by Gasteiger charge is -2.61. The highest BCUT2D eigenvalue weighted by molar-refractivity contribution is 8.01. The molecule has 49 heavy (non-hydrogen) atoms. The Morgan fingerprint density at radius 1 is 1.20 bits per heavy atom. The van der Waals surface area contributed by atoms with Gasteiger partial charge in [0.25, 0.3) is 0 Å². The van der Waals surface area contributed by atoms with E-state index in [9.17, 15) is 19.5 Å². The molecule has 268 valence electrons. The fourth-order valence-corrected chi connectivity index (χ4v) is 9.63. The van der Waals surface area contributed by atoms with Crippen molar-refractivity contribution in [3.05, 3.63) is 54.4 Å². The molecule has 3 N–H and O–H groups in total. The number of thioether (sulfide) groups is 1. The van der Waals surface area contributed by atoms with Crippen molar-refractivity contribution >= 4 is 35.1 Å². The summed E-state index contributed by atoms with van der Waals surface area (Å²) in [6.45, 7) is 19.4. The lowest BCUT2D eigenvalue weighted by atomic mass is 9.44. The summed E-state index contributed by atoms with van der Waals surface area (Å²) >= 11 is 1.42. The maximum Gasteiger partial charge on any atom is 0.316 e. The molecular formula is C38H55N5O5S. The Labute approximate surface area is 295 Å². The van der Waals surface area contributed by atoms with E-state index >= 15 is 0 Å². The molecule has 1 aromatic carbocycles. The Morgan fingerprint density at radius 2 is 1.92 bits per heavy atom. The van der Waals surface area contributed by atoms with Crippen LogP contribution in [0.25, 0.3) is 0 Å². The molecule has 3 saturated carbocycles. The summed E-state index contributed by atoms with van der Waals surface area (Å²) in [7, 11) is 0. The zero-order valence-electron chi connectivity index (χ0n) is 30.3. The lowest BCUT2D eigenvalue weighted by molar-refractivity contribution is -0.205. The number of benzene rings is 1. The molecule has 1 amide bonds. The Balaban J connectivity index is 1.17. The molecular weight excluding hydrogens is 639 g/mol. The Morgan fingerprint density at radius 3 is 2.61 bits per heavy atom. The Bertz CT molecular complexity index is 1540. The Hall–Kier alpha value is -3.18. The molecule has 0 saturated heterocycles. The van der Waals surface area contributed by atoms with Crippen LogP contribution in [0.5, 0.6) is 0 Å². The van der Waals surface area contributed by atoms with Crippen molar-refractivity contribution in [3.63, 3.8) is 0 Å². The molecule has 1 heterocycles. The Kier molecular flexibility index (Phi) is 10.8. The number of carbonyl (C=O) groups is 3. The first-order valence-electron chi connectivity index (χ1n) is 17.7. The topological polar surface area (TPSA) is 135 Å². The van der Waals surface area contributed by atoms with E-state index in [-0.39, 0.29) is 53.1 Å². The number of nitrogens with one attached hydrogen (secondary N) is 2. The summed E-state index contributed by atoms with van der Waals surface area (Å²) in [5.74, 6) is -0.379. The van der Waals surface area contributed by atoms with Crippen molar-refractivity contribution in [2.24, 2.45) is 34.0 Å². The fourth-order valence-electron chi connectivity index (χ4n) is 8.87. The van der Waals surface area contributed by atoms with Crippen LogP contribution in [0, 0.1) is 40.9 Å². The molecule has 0 radical (unpaired) electrons. The number of amides is 1. The summed E-state index contributed by atoms with van der Waals surface area (Å²) < 4.78 is 7.45. The first-order valence-corrected chi connectivity index (χ1v) is 18.7. The zero-order valence-corrected chi connectivity index (χ0v) is 31.1. The van der Waals surface area contributed by atoms with E-state index in [4.69, 9.17) is 4.74 Å². The minimum atomic E-state index is -0.700. The lowest BCUT2D eigenvalue weighted by Crippen LogP contribution is -2.63. The fraction of sp³-hybridized carbons (Fsp3) is 0.658. The second kappa shape index (κ2) is 14.2. The van der Waals surface area contributed by atoms with Crippen LogP contribution in [0.15, 0.2) is 43.1 Å². The predicted molar refractivity (Wildman–Crippen MR) is 193 cm³/mol. The molecule has 8 atom stereocenters. The van der Waals surface area contributed by atoms with E-state index in [0.29, 0.717) is 25.9 Å². The van der Waals surface area contributed by atoms with Gasteiger partial charge < -0.3 is 20.5 Å². The molecule has 3 aliphatic carbocycles. The number of anilines is 1. The highest BCUT2D eigenvalue weighted by Crippen LogP contribution is 2.68. The van der Waals surface area contributed by atoms with Crippen molar-refractivity contribution in [1.29, 1.82) is 0 Å². The van der Waals surface area contributed by atoms with E-state index in [1.807, 2.05) is 58.0 Å². The SMILES string of the molecule is C=C[C@]1(C)C[C@@H](OC(=O)CSC(C)(C)CNC(=O)Cn2cc(CNc3ccc(C)cc3)nn2)[C@]2(C)[C@H](C)CC[C@]3(CCC(=O)[C@H]32)[C@@H](C)[C@@H]1O. The van der Waals surface area contributed by atoms with Gasteiger partial charge in [0.1, 0.15) is 24.1 Å². The summed E-state index contributed by atoms with van der Waals surface area (Å²) in [6, 6.07) is 8.09. The molecule has 2 aromatic rings. The van der Waals surface area contributed by atoms with Gasteiger partial charge in [0.15, 0.2) is 0 Å². The van der Waals surface area contributed by atoms with Gasteiger partial charge >= 0.3 is 5.97 Å². The van der Waals surface area contributed by atoms with E-state index in [1.165, 1.54) is 22.0 Å². The molecule has 3 aliphatic rings. The zero-order chi connectivity index (χ0) is 35.8. The molecule has 0 unspecified atom stereocenters. The van der Waals surface area contributed by atoms with Gasteiger partial charge in [-0.15, -0.1) is 23.4 Å². The molecule has 3 fully saturated rings. The number of aromatic nitrogens is 3. The van der Waals surface area contributed by atoms with Crippen LogP contribution < -0.4 is 10.6 Å². The van der Waals surface area contributed by atoms with Crippen LogP contribution in [0.4, 0.5) is 5.69 Å². The maximum atomic E-state index is 13.6. The number of ketones is 1. The van der Waals surface area contributed by atoms with E-state index in [1.54, 1.807) is 6.20 Å². The van der Waals surface area contributed by atoms with Crippen molar-refractivity contribution < 1.29 is 24.2 Å². The number of carbonyl (C=O) groups excluding carboxylic acids is 3. The van der Waals surface area contributed by atoms with Crippen LogP contribution in [0.2, 0.25) is 0 Å². The number of hydrogen-bond donors (Lipinski definition) is 3. The third kappa shape index (κ3) is 7.48.